The van der Waals surface area contributed by atoms with E-state index < -0.39 is 27.4 Å². The quantitative estimate of drug-likeness (QED) is 0.353. The van der Waals surface area contributed by atoms with Crippen molar-refractivity contribution >= 4 is 38.6 Å². The zero-order chi connectivity index (χ0) is 21.7. The number of carbonyl (C=O) groups excluding carboxylic acids is 1. The van der Waals surface area contributed by atoms with Crippen molar-refractivity contribution in [3.05, 3.63) is 82.4 Å². The molecule has 0 bridgehead atoms. The van der Waals surface area contributed by atoms with Crippen molar-refractivity contribution in [2.75, 3.05) is 13.6 Å². The molecule has 0 saturated carbocycles. The van der Waals surface area contributed by atoms with Gasteiger partial charge in [-0.05, 0) is 40.6 Å². The van der Waals surface area contributed by atoms with Gasteiger partial charge in [-0.2, -0.15) is 9.41 Å². The minimum Gasteiger partial charge on any atom is -0.272 e. The molecule has 0 heterocycles. The van der Waals surface area contributed by atoms with Crippen LogP contribution in [0.4, 0.5) is 5.69 Å². The number of hydrogen-bond donors (Lipinski definition) is 1. The molecular formula is C20H18N4O5S. The fraction of sp³-hybridized carbons (Fsp3) is 0.100. The average Bonchev–Trinajstić information content (AvgIpc) is 2.73. The first kappa shape index (κ1) is 21.1. The first-order valence-electron chi connectivity index (χ1n) is 8.79. The number of nitrogens with one attached hydrogen (secondary N) is 1. The lowest BCUT2D eigenvalue weighted by Gasteiger charge is -2.16. The van der Waals surface area contributed by atoms with Crippen molar-refractivity contribution in [2.24, 2.45) is 5.10 Å². The molecule has 10 heteroatoms. The highest BCUT2D eigenvalue weighted by Crippen LogP contribution is 2.21. The Morgan fingerprint density at radius 2 is 1.77 bits per heavy atom. The highest BCUT2D eigenvalue weighted by Gasteiger charge is 2.23. The van der Waals surface area contributed by atoms with Crippen molar-refractivity contribution in [2.45, 2.75) is 4.90 Å². The third kappa shape index (κ3) is 4.85. The fourth-order valence-electron chi connectivity index (χ4n) is 2.69. The number of hydrogen-bond acceptors (Lipinski definition) is 6. The zero-order valence-corrected chi connectivity index (χ0v) is 16.7. The van der Waals surface area contributed by atoms with Crippen LogP contribution in [0.2, 0.25) is 0 Å². The van der Waals surface area contributed by atoms with Crippen LogP contribution in [0.5, 0.6) is 0 Å². The van der Waals surface area contributed by atoms with E-state index in [1.165, 1.54) is 43.6 Å². The molecule has 0 aliphatic carbocycles. The minimum atomic E-state index is -3.86. The maximum Gasteiger partial charge on any atom is 0.269 e. The lowest BCUT2D eigenvalue weighted by atomic mass is 10.1. The third-order valence-corrected chi connectivity index (χ3v) is 6.10. The smallest absolute Gasteiger partial charge is 0.269 e. The van der Waals surface area contributed by atoms with Crippen molar-refractivity contribution in [1.82, 2.24) is 9.73 Å². The topological polar surface area (TPSA) is 122 Å². The first-order chi connectivity index (χ1) is 14.3. The van der Waals surface area contributed by atoms with Gasteiger partial charge in [0.05, 0.1) is 22.6 Å². The van der Waals surface area contributed by atoms with Gasteiger partial charge in [-0.3, -0.25) is 14.9 Å². The van der Waals surface area contributed by atoms with E-state index in [4.69, 9.17) is 0 Å². The van der Waals surface area contributed by atoms with Crippen LogP contribution >= 0.6 is 0 Å². The molecule has 3 aromatic carbocycles. The molecule has 0 radical (unpaired) electrons. The number of nitrogens with zero attached hydrogens (tertiary/aromatic N) is 3. The van der Waals surface area contributed by atoms with Crippen LogP contribution in [0, 0.1) is 10.1 Å². The van der Waals surface area contributed by atoms with Gasteiger partial charge in [-0.25, -0.2) is 13.8 Å². The van der Waals surface area contributed by atoms with Gasteiger partial charge >= 0.3 is 0 Å². The molecule has 9 nitrogen and oxygen atoms in total. The molecule has 0 aliphatic rings. The summed E-state index contributed by atoms with van der Waals surface area (Å²) >= 11 is 0. The Kier molecular flexibility index (Phi) is 6.19. The number of nitro benzene ring substituents is 1. The molecule has 3 aromatic rings. The van der Waals surface area contributed by atoms with Crippen molar-refractivity contribution in [3.63, 3.8) is 0 Å². The van der Waals surface area contributed by atoms with Gasteiger partial charge in [0.2, 0.25) is 10.0 Å². The molecular weight excluding hydrogens is 408 g/mol. The van der Waals surface area contributed by atoms with Crippen LogP contribution in [0.1, 0.15) is 5.56 Å². The summed E-state index contributed by atoms with van der Waals surface area (Å²) in [5.41, 5.74) is 2.72. The van der Waals surface area contributed by atoms with Crippen LogP contribution in [-0.4, -0.2) is 43.4 Å². The monoisotopic (exact) mass is 426 g/mol. The Hall–Kier alpha value is -3.63. The normalized spacial score (nSPS) is 11.8. The average molecular weight is 426 g/mol. The van der Waals surface area contributed by atoms with Crippen LogP contribution in [0.15, 0.2) is 76.7 Å². The predicted molar refractivity (Wildman–Crippen MR) is 113 cm³/mol. The molecule has 0 atom stereocenters. The number of benzene rings is 3. The van der Waals surface area contributed by atoms with Gasteiger partial charge in [0, 0.05) is 19.2 Å². The largest absolute Gasteiger partial charge is 0.272 e. The number of sulfonamides is 1. The lowest BCUT2D eigenvalue weighted by Crippen LogP contribution is -2.36. The molecule has 0 fully saturated rings. The van der Waals surface area contributed by atoms with E-state index in [2.05, 4.69) is 10.5 Å². The van der Waals surface area contributed by atoms with E-state index in [-0.39, 0.29) is 10.6 Å². The molecule has 0 aliphatic heterocycles. The van der Waals surface area contributed by atoms with Gasteiger partial charge in [0.25, 0.3) is 11.6 Å². The number of likely N-dealkylation sites (N-methyl/N-ethyl adjacent to an activating group) is 1. The number of carbonyl (C=O) groups is 1. The van der Waals surface area contributed by atoms with E-state index in [9.17, 15) is 23.3 Å². The summed E-state index contributed by atoms with van der Waals surface area (Å²) in [6.45, 7) is -0.424. The predicted octanol–water partition coefficient (Wildman–Crippen LogP) is 2.52. The van der Waals surface area contributed by atoms with Gasteiger partial charge in [-0.1, -0.05) is 30.3 Å². The lowest BCUT2D eigenvalue weighted by molar-refractivity contribution is -0.384. The molecule has 0 unspecified atom stereocenters. The summed E-state index contributed by atoms with van der Waals surface area (Å²) in [6.07, 6.45) is 1.31. The maximum absolute atomic E-state index is 12.7. The second-order valence-corrected chi connectivity index (χ2v) is 8.46. The minimum absolute atomic E-state index is 0.0586. The number of nitro groups is 1. The zero-order valence-electron chi connectivity index (χ0n) is 15.9. The van der Waals surface area contributed by atoms with Crippen LogP contribution in [0.3, 0.4) is 0 Å². The van der Waals surface area contributed by atoms with Gasteiger partial charge in [0.1, 0.15) is 0 Å². The summed E-state index contributed by atoms with van der Waals surface area (Å²) < 4.78 is 26.4. The first-order valence-corrected chi connectivity index (χ1v) is 10.2. The van der Waals surface area contributed by atoms with Gasteiger partial charge in [0.15, 0.2) is 0 Å². The van der Waals surface area contributed by atoms with Crippen molar-refractivity contribution < 1.29 is 18.1 Å². The highest BCUT2D eigenvalue weighted by molar-refractivity contribution is 7.89. The SMILES string of the molecule is CN(CC(=O)N/N=C/c1ccc([N+](=O)[O-])cc1)S(=O)(=O)c1ccc2ccccc2c1. The summed E-state index contributed by atoms with van der Waals surface area (Å²) in [4.78, 5) is 22.3. The number of fused-ring (bicyclic) bond motifs is 1. The Morgan fingerprint density at radius 3 is 2.43 bits per heavy atom. The summed E-state index contributed by atoms with van der Waals surface area (Å²) in [6, 6.07) is 17.7. The second kappa shape index (κ2) is 8.80. The molecule has 1 N–H and O–H groups in total. The Bertz CT molecular complexity index is 1220. The molecule has 154 valence electrons. The van der Waals surface area contributed by atoms with Crippen LogP contribution < -0.4 is 5.43 Å². The van der Waals surface area contributed by atoms with E-state index in [1.54, 1.807) is 12.1 Å². The van der Waals surface area contributed by atoms with E-state index >= 15 is 0 Å². The molecule has 3 rings (SSSR count). The summed E-state index contributed by atoms with van der Waals surface area (Å²) in [5.74, 6) is -0.625. The summed E-state index contributed by atoms with van der Waals surface area (Å²) in [7, 11) is -2.55. The van der Waals surface area contributed by atoms with Crippen LogP contribution in [-0.2, 0) is 14.8 Å². The molecule has 30 heavy (non-hydrogen) atoms. The number of rotatable bonds is 7. The molecule has 0 saturated heterocycles. The third-order valence-electron chi connectivity index (χ3n) is 4.30. The standard InChI is InChI=1S/C20H18N4O5S/c1-23(30(28,29)19-11-8-16-4-2-3-5-17(16)12-19)14-20(25)22-21-13-15-6-9-18(10-7-15)24(26)27/h2-13H,14H2,1H3,(H,22,25)/b21-13+. The summed E-state index contributed by atoms with van der Waals surface area (Å²) in [5, 5.41) is 16.1. The van der Waals surface area contributed by atoms with E-state index in [0.29, 0.717) is 5.56 Å². The second-order valence-electron chi connectivity index (χ2n) is 6.41. The number of amides is 1. The Morgan fingerprint density at radius 1 is 1.10 bits per heavy atom. The molecule has 0 spiro atoms. The maximum atomic E-state index is 12.7. The molecule has 0 aromatic heterocycles. The van der Waals surface area contributed by atoms with Crippen molar-refractivity contribution in [1.29, 1.82) is 0 Å². The Labute approximate surface area is 172 Å². The van der Waals surface area contributed by atoms with Gasteiger partial charge in [-0.15, -0.1) is 0 Å². The highest BCUT2D eigenvalue weighted by atomic mass is 32.2. The van der Waals surface area contributed by atoms with Gasteiger partial charge < -0.3 is 0 Å². The number of hydrazone groups is 1. The van der Waals surface area contributed by atoms with E-state index in [0.717, 1.165) is 15.1 Å². The number of non-ortho nitro benzene ring substituents is 1. The van der Waals surface area contributed by atoms with E-state index in [1.807, 2.05) is 24.3 Å². The van der Waals surface area contributed by atoms with Crippen LogP contribution in [0.25, 0.3) is 10.8 Å². The van der Waals surface area contributed by atoms with Crippen molar-refractivity contribution in [3.8, 4) is 0 Å². The fourth-order valence-corrected chi connectivity index (χ4v) is 3.85. The Balaban J connectivity index is 1.62. The molecule has 1 amide bonds.